The molecule has 7 heteroatoms. The van der Waals surface area contributed by atoms with Gasteiger partial charge in [0, 0.05) is 12.6 Å². The molecule has 1 aliphatic carbocycles. The number of carboxylic acid groups (broad SMARTS) is 1. The van der Waals surface area contributed by atoms with E-state index in [-0.39, 0.29) is 25.0 Å². The Balaban J connectivity index is 1.93. The molecule has 19 heavy (non-hydrogen) atoms. The number of rotatable bonds is 4. The molecule has 0 spiro atoms. The molecule has 2 atom stereocenters. The topological polar surface area (TPSA) is 98.7 Å². The summed E-state index contributed by atoms with van der Waals surface area (Å²) in [6, 6.07) is -1.47. The van der Waals surface area contributed by atoms with Crippen LogP contribution in [0.5, 0.6) is 0 Å². The highest BCUT2D eigenvalue weighted by atomic mass is 16.4. The molecule has 0 radical (unpaired) electrons. The van der Waals surface area contributed by atoms with Gasteiger partial charge in [-0.25, -0.2) is 9.59 Å². The largest absolute Gasteiger partial charge is 0.480 e. The van der Waals surface area contributed by atoms with Crippen molar-refractivity contribution in [2.45, 2.75) is 38.3 Å². The van der Waals surface area contributed by atoms with Gasteiger partial charge in [0.15, 0.2) is 0 Å². The van der Waals surface area contributed by atoms with E-state index in [1.165, 1.54) is 12.8 Å². The maximum Gasteiger partial charge on any atom is 0.328 e. The summed E-state index contributed by atoms with van der Waals surface area (Å²) in [7, 11) is 0. The Morgan fingerprint density at radius 2 is 2.21 bits per heavy atom. The summed E-state index contributed by atoms with van der Waals surface area (Å²) in [5, 5.41) is 14.3. The number of carbonyl (C=O) groups is 3. The molecule has 1 saturated carbocycles. The molecule has 1 aliphatic heterocycles. The van der Waals surface area contributed by atoms with E-state index < -0.39 is 18.0 Å². The summed E-state index contributed by atoms with van der Waals surface area (Å²) in [6.07, 6.45) is 3.30. The molecule has 3 amide bonds. The average Bonchev–Trinajstić information content (AvgIpc) is 3.12. The number of nitrogens with one attached hydrogen (secondary N) is 2. The Kier molecular flexibility index (Phi) is 3.92. The molecule has 0 bridgehead atoms. The van der Waals surface area contributed by atoms with E-state index in [1.54, 1.807) is 0 Å². The van der Waals surface area contributed by atoms with Crippen molar-refractivity contribution in [1.29, 1.82) is 0 Å². The van der Waals surface area contributed by atoms with Gasteiger partial charge >= 0.3 is 12.0 Å². The van der Waals surface area contributed by atoms with E-state index >= 15 is 0 Å². The Hall–Kier alpha value is -1.79. The molecular weight excluding hydrogens is 250 g/mol. The lowest BCUT2D eigenvalue weighted by Gasteiger charge is -2.33. The smallest absolute Gasteiger partial charge is 0.328 e. The number of urea groups is 1. The molecule has 106 valence electrons. The van der Waals surface area contributed by atoms with Crippen molar-refractivity contribution in [1.82, 2.24) is 15.5 Å². The summed E-state index contributed by atoms with van der Waals surface area (Å²) in [4.78, 5) is 35.5. The van der Waals surface area contributed by atoms with Crippen LogP contribution >= 0.6 is 0 Å². The molecule has 2 aliphatic rings. The van der Waals surface area contributed by atoms with Gasteiger partial charge in [-0.3, -0.25) is 9.69 Å². The lowest BCUT2D eigenvalue weighted by Crippen LogP contribution is -2.62. The molecule has 1 heterocycles. The highest BCUT2D eigenvalue weighted by Crippen LogP contribution is 2.33. The van der Waals surface area contributed by atoms with E-state index in [0.29, 0.717) is 5.92 Å². The normalized spacial score (nSPS) is 24.6. The number of nitrogens with zero attached hydrogens (tertiary/aromatic N) is 1. The van der Waals surface area contributed by atoms with Gasteiger partial charge in [-0.1, -0.05) is 12.8 Å². The predicted molar refractivity (Wildman–Crippen MR) is 66.5 cm³/mol. The fourth-order valence-electron chi connectivity index (χ4n) is 2.28. The number of aliphatic carboxylic acids is 1. The summed E-state index contributed by atoms with van der Waals surface area (Å²) in [5.41, 5.74) is 0. The molecular formula is C12H19N3O4. The molecule has 7 nitrogen and oxygen atoms in total. The zero-order chi connectivity index (χ0) is 14.0. The van der Waals surface area contributed by atoms with Gasteiger partial charge in [-0.05, 0) is 19.3 Å². The molecule has 0 aromatic carbocycles. The number of carboxylic acids is 1. The lowest BCUT2D eigenvalue weighted by atomic mass is 10.1. The fraction of sp³-hybridized carbons (Fsp3) is 0.750. The van der Waals surface area contributed by atoms with E-state index in [4.69, 9.17) is 5.11 Å². The van der Waals surface area contributed by atoms with Crippen LogP contribution in [0.4, 0.5) is 4.79 Å². The van der Waals surface area contributed by atoms with Crippen molar-refractivity contribution >= 4 is 17.9 Å². The van der Waals surface area contributed by atoms with Gasteiger partial charge < -0.3 is 15.7 Å². The summed E-state index contributed by atoms with van der Waals surface area (Å²) < 4.78 is 0. The summed E-state index contributed by atoms with van der Waals surface area (Å²) >= 11 is 0. The van der Waals surface area contributed by atoms with Crippen LogP contribution in [0, 0.1) is 5.92 Å². The zero-order valence-corrected chi connectivity index (χ0v) is 10.9. The quantitative estimate of drug-likeness (QED) is 0.656. The highest BCUT2D eigenvalue weighted by molar-refractivity contribution is 5.90. The number of hydrogen-bond donors (Lipinski definition) is 3. The fourth-order valence-corrected chi connectivity index (χ4v) is 2.28. The zero-order valence-electron chi connectivity index (χ0n) is 10.9. The Morgan fingerprint density at radius 1 is 1.53 bits per heavy atom. The van der Waals surface area contributed by atoms with E-state index in [2.05, 4.69) is 10.6 Å². The summed E-state index contributed by atoms with van der Waals surface area (Å²) in [5.74, 6) is -0.761. The van der Waals surface area contributed by atoms with E-state index in [1.807, 2.05) is 6.92 Å². The molecule has 3 N–H and O–H groups in total. The Bertz CT molecular complexity index is 394. The van der Waals surface area contributed by atoms with Gasteiger partial charge in [0.25, 0.3) is 0 Å². The molecule has 1 saturated heterocycles. The van der Waals surface area contributed by atoms with Crippen molar-refractivity contribution in [2.75, 3.05) is 13.1 Å². The van der Waals surface area contributed by atoms with E-state index in [9.17, 15) is 14.4 Å². The second kappa shape index (κ2) is 5.46. The lowest BCUT2D eigenvalue weighted by molar-refractivity contribution is -0.144. The van der Waals surface area contributed by atoms with Crippen molar-refractivity contribution in [3.63, 3.8) is 0 Å². The molecule has 2 rings (SSSR count). The molecule has 0 aromatic heterocycles. The second-order valence-corrected chi connectivity index (χ2v) is 5.32. The maximum atomic E-state index is 12.0. The average molecular weight is 269 g/mol. The third-order valence-electron chi connectivity index (χ3n) is 3.48. The Morgan fingerprint density at radius 3 is 2.79 bits per heavy atom. The van der Waals surface area contributed by atoms with Gasteiger partial charge in [0.1, 0.15) is 12.6 Å². The van der Waals surface area contributed by atoms with Crippen molar-refractivity contribution in [3.05, 3.63) is 0 Å². The Labute approximate surface area is 111 Å². The molecule has 2 unspecified atom stereocenters. The van der Waals surface area contributed by atoms with Gasteiger partial charge in [0.2, 0.25) is 5.91 Å². The SMILES string of the molecule is CC(CC1CC1)NC(=O)N1CC(=O)NCC1C(=O)O. The van der Waals surface area contributed by atoms with Gasteiger partial charge in [0.05, 0.1) is 0 Å². The first-order chi connectivity index (χ1) is 8.97. The van der Waals surface area contributed by atoms with Crippen molar-refractivity contribution in [3.8, 4) is 0 Å². The first-order valence-corrected chi connectivity index (χ1v) is 6.54. The number of carbonyl (C=O) groups excluding carboxylic acids is 2. The minimum Gasteiger partial charge on any atom is -0.480 e. The van der Waals surface area contributed by atoms with Crippen molar-refractivity contribution < 1.29 is 19.5 Å². The van der Waals surface area contributed by atoms with Crippen LogP contribution in [0.2, 0.25) is 0 Å². The van der Waals surface area contributed by atoms with E-state index in [0.717, 1.165) is 11.3 Å². The number of hydrogen-bond acceptors (Lipinski definition) is 3. The first kappa shape index (κ1) is 13.6. The highest BCUT2D eigenvalue weighted by Gasteiger charge is 2.36. The minimum atomic E-state index is -1.11. The maximum absolute atomic E-state index is 12.0. The summed E-state index contributed by atoms with van der Waals surface area (Å²) in [6.45, 7) is 1.65. The first-order valence-electron chi connectivity index (χ1n) is 6.54. The van der Waals surface area contributed by atoms with Crippen LogP contribution in [-0.4, -0.2) is 53.1 Å². The van der Waals surface area contributed by atoms with Crippen LogP contribution in [0.15, 0.2) is 0 Å². The predicted octanol–water partition coefficient (Wildman–Crippen LogP) is -0.230. The van der Waals surface area contributed by atoms with Crippen LogP contribution in [0.25, 0.3) is 0 Å². The number of piperazine rings is 1. The van der Waals surface area contributed by atoms with Crippen molar-refractivity contribution in [2.24, 2.45) is 5.92 Å². The van der Waals surface area contributed by atoms with Crippen LogP contribution in [0.3, 0.4) is 0 Å². The molecule has 2 fully saturated rings. The van der Waals surface area contributed by atoms with Crippen LogP contribution in [0.1, 0.15) is 26.2 Å². The molecule has 0 aromatic rings. The van der Waals surface area contributed by atoms with Crippen LogP contribution < -0.4 is 10.6 Å². The van der Waals surface area contributed by atoms with Gasteiger partial charge in [-0.2, -0.15) is 0 Å². The number of amides is 3. The standard InChI is InChI=1S/C12H19N3O4/c1-7(4-8-2-3-8)14-12(19)15-6-10(16)13-5-9(15)11(17)18/h7-9H,2-6H2,1H3,(H,13,16)(H,14,19)(H,17,18). The van der Waals surface area contributed by atoms with Crippen LogP contribution in [-0.2, 0) is 9.59 Å². The second-order valence-electron chi connectivity index (χ2n) is 5.32. The third-order valence-corrected chi connectivity index (χ3v) is 3.48. The van der Waals surface area contributed by atoms with Gasteiger partial charge in [-0.15, -0.1) is 0 Å². The third kappa shape index (κ3) is 3.59. The monoisotopic (exact) mass is 269 g/mol. The minimum absolute atomic E-state index is 0.000525.